The SMILES string of the molecule is Cc1cc(C)cc(C(O)CSc2nnnn2C2CC2)c1. The Kier molecular flexibility index (Phi) is 3.76. The molecule has 1 aromatic heterocycles. The molecule has 1 N–H and O–H groups in total. The maximum atomic E-state index is 10.3. The van der Waals surface area contributed by atoms with E-state index < -0.39 is 6.10 Å². The second-order valence-electron chi connectivity index (χ2n) is 5.39. The maximum Gasteiger partial charge on any atom is 0.209 e. The molecule has 0 amide bonds. The molecule has 3 rings (SSSR count). The van der Waals surface area contributed by atoms with E-state index in [1.807, 2.05) is 30.7 Å². The number of aryl methyl sites for hydroxylation is 2. The molecule has 1 saturated carbocycles. The lowest BCUT2D eigenvalue weighted by atomic mass is 10.0. The van der Waals surface area contributed by atoms with Crippen LogP contribution in [0.2, 0.25) is 0 Å². The normalized spacial score (nSPS) is 16.4. The summed E-state index contributed by atoms with van der Waals surface area (Å²) < 4.78 is 1.87. The quantitative estimate of drug-likeness (QED) is 0.857. The molecule has 1 aliphatic rings. The first-order valence-electron chi connectivity index (χ1n) is 6.80. The van der Waals surface area contributed by atoms with Crippen molar-refractivity contribution in [1.29, 1.82) is 0 Å². The van der Waals surface area contributed by atoms with Gasteiger partial charge in [0.25, 0.3) is 0 Å². The summed E-state index contributed by atoms with van der Waals surface area (Å²) in [7, 11) is 0. The Morgan fingerprint density at radius 2 is 2.00 bits per heavy atom. The molecule has 106 valence electrons. The molecular formula is C14H18N4OS. The summed E-state index contributed by atoms with van der Waals surface area (Å²) in [6, 6.07) is 6.63. The minimum atomic E-state index is -0.497. The van der Waals surface area contributed by atoms with Crippen LogP contribution in [0.5, 0.6) is 0 Å². The average Bonchev–Trinajstić information content (AvgIpc) is 3.14. The zero-order valence-corrected chi connectivity index (χ0v) is 12.5. The summed E-state index contributed by atoms with van der Waals surface area (Å²) >= 11 is 1.51. The number of benzene rings is 1. The van der Waals surface area contributed by atoms with E-state index in [-0.39, 0.29) is 0 Å². The predicted octanol–water partition coefficient (Wildman–Crippen LogP) is 2.45. The van der Waals surface area contributed by atoms with Gasteiger partial charge in [0, 0.05) is 5.75 Å². The van der Waals surface area contributed by atoms with E-state index in [1.165, 1.54) is 22.9 Å². The highest BCUT2D eigenvalue weighted by Crippen LogP contribution is 2.37. The second kappa shape index (κ2) is 5.54. The summed E-state index contributed by atoms with van der Waals surface area (Å²) in [5.74, 6) is 0.565. The number of rotatable bonds is 5. The average molecular weight is 290 g/mol. The first-order valence-corrected chi connectivity index (χ1v) is 7.79. The fourth-order valence-electron chi connectivity index (χ4n) is 2.28. The lowest BCUT2D eigenvalue weighted by Gasteiger charge is -2.12. The van der Waals surface area contributed by atoms with Gasteiger partial charge in [-0.1, -0.05) is 41.1 Å². The van der Waals surface area contributed by atoms with Crippen molar-refractivity contribution in [2.75, 3.05) is 5.75 Å². The van der Waals surface area contributed by atoms with Gasteiger partial charge in [0.05, 0.1) is 12.1 Å². The monoisotopic (exact) mass is 290 g/mol. The fourth-order valence-corrected chi connectivity index (χ4v) is 3.19. The zero-order chi connectivity index (χ0) is 14.1. The van der Waals surface area contributed by atoms with Crippen LogP contribution >= 0.6 is 11.8 Å². The van der Waals surface area contributed by atoms with Crippen LogP contribution in [0.4, 0.5) is 0 Å². The van der Waals surface area contributed by atoms with Crippen LogP contribution in [-0.2, 0) is 0 Å². The van der Waals surface area contributed by atoms with Crippen molar-refractivity contribution in [3.8, 4) is 0 Å². The summed E-state index contributed by atoms with van der Waals surface area (Å²) in [6.45, 7) is 4.09. The molecule has 1 aliphatic carbocycles. The zero-order valence-electron chi connectivity index (χ0n) is 11.7. The molecule has 2 aromatic rings. The number of thioether (sulfide) groups is 1. The van der Waals surface area contributed by atoms with E-state index in [0.717, 1.165) is 23.6 Å². The first kappa shape index (κ1) is 13.6. The highest BCUT2D eigenvalue weighted by molar-refractivity contribution is 7.99. The number of aliphatic hydroxyl groups excluding tert-OH is 1. The van der Waals surface area contributed by atoms with Gasteiger partial charge < -0.3 is 5.11 Å². The minimum absolute atomic E-state index is 0.464. The molecule has 0 radical (unpaired) electrons. The summed E-state index contributed by atoms with van der Waals surface area (Å²) in [6.07, 6.45) is 1.80. The van der Waals surface area contributed by atoms with Crippen LogP contribution in [0.15, 0.2) is 23.4 Å². The van der Waals surface area contributed by atoms with Gasteiger partial charge in [0.1, 0.15) is 0 Å². The van der Waals surface area contributed by atoms with Gasteiger partial charge in [-0.2, -0.15) is 0 Å². The smallest absolute Gasteiger partial charge is 0.209 e. The summed E-state index contributed by atoms with van der Waals surface area (Å²) in [5, 5.41) is 22.9. The third-order valence-electron chi connectivity index (χ3n) is 3.35. The van der Waals surface area contributed by atoms with Crippen LogP contribution in [-0.4, -0.2) is 31.1 Å². The molecule has 1 atom stereocenters. The largest absolute Gasteiger partial charge is 0.388 e. The van der Waals surface area contributed by atoms with E-state index in [2.05, 4.69) is 21.6 Å². The highest BCUT2D eigenvalue weighted by atomic mass is 32.2. The molecule has 1 fully saturated rings. The van der Waals surface area contributed by atoms with Crippen molar-refractivity contribution >= 4 is 11.8 Å². The van der Waals surface area contributed by atoms with Crippen molar-refractivity contribution in [1.82, 2.24) is 20.2 Å². The molecule has 0 spiro atoms. The molecule has 1 unspecified atom stereocenters. The Morgan fingerprint density at radius 3 is 2.65 bits per heavy atom. The second-order valence-corrected chi connectivity index (χ2v) is 6.37. The fraction of sp³-hybridized carbons (Fsp3) is 0.500. The lowest BCUT2D eigenvalue weighted by molar-refractivity contribution is 0.204. The number of hydrogen-bond donors (Lipinski definition) is 1. The Bertz CT molecular complexity index is 589. The highest BCUT2D eigenvalue weighted by Gasteiger charge is 2.28. The Morgan fingerprint density at radius 1 is 1.30 bits per heavy atom. The van der Waals surface area contributed by atoms with Crippen LogP contribution in [0.25, 0.3) is 0 Å². The van der Waals surface area contributed by atoms with E-state index in [0.29, 0.717) is 11.8 Å². The van der Waals surface area contributed by atoms with Gasteiger partial charge in [-0.25, -0.2) is 4.68 Å². The standard InChI is InChI=1S/C14H18N4OS/c1-9-5-10(2)7-11(6-9)13(19)8-20-14-15-16-17-18(14)12-3-4-12/h5-7,12-13,19H,3-4,8H2,1-2H3. The summed E-state index contributed by atoms with van der Waals surface area (Å²) in [4.78, 5) is 0. The number of hydrogen-bond acceptors (Lipinski definition) is 5. The lowest BCUT2D eigenvalue weighted by Crippen LogP contribution is -2.04. The van der Waals surface area contributed by atoms with Crippen LogP contribution in [0, 0.1) is 13.8 Å². The Labute approximate surface area is 122 Å². The van der Waals surface area contributed by atoms with Crippen molar-refractivity contribution in [2.24, 2.45) is 0 Å². The van der Waals surface area contributed by atoms with Crippen LogP contribution in [0.3, 0.4) is 0 Å². The Balaban J connectivity index is 1.66. The molecular weight excluding hydrogens is 272 g/mol. The number of aromatic nitrogens is 4. The number of aliphatic hydroxyl groups is 1. The van der Waals surface area contributed by atoms with Crippen LogP contribution < -0.4 is 0 Å². The number of nitrogens with zero attached hydrogens (tertiary/aromatic N) is 4. The molecule has 5 nitrogen and oxygen atoms in total. The Hall–Kier alpha value is -1.40. The van der Waals surface area contributed by atoms with Gasteiger partial charge in [-0.3, -0.25) is 0 Å². The predicted molar refractivity (Wildman–Crippen MR) is 77.7 cm³/mol. The van der Waals surface area contributed by atoms with Crippen molar-refractivity contribution in [2.45, 2.75) is 44.0 Å². The van der Waals surface area contributed by atoms with Gasteiger partial charge in [0.2, 0.25) is 5.16 Å². The van der Waals surface area contributed by atoms with E-state index in [1.54, 1.807) is 0 Å². The topological polar surface area (TPSA) is 63.8 Å². The van der Waals surface area contributed by atoms with E-state index in [4.69, 9.17) is 0 Å². The van der Waals surface area contributed by atoms with Crippen molar-refractivity contribution in [3.63, 3.8) is 0 Å². The van der Waals surface area contributed by atoms with E-state index >= 15 is 0 Å². The molecule has 1 aromatic carbocycles. The third kappa shape index (κ3) is 3.02. The van der Waals surface area contributed by atoms with Crippen LogP contribution in [0.1, 0.15) is 41.7 Å². The van der Waals surface area contributed by atoms with Gasteiger partial charge >= 0.3 is 0 Å². The van der Waals surface area contributed by atoms with Gasteiger partial charge in [0.15, 0.2) is 0 Å². The molecule has 1 heterocycles. The first-order chi connectivity index (χ1) is 9.63. The minimum Gasteiger partial charge on any atom is -0.388 e. The number of tetrazole rings is 1. The van der Waals surface area contributed by atoms with E-state index in [9.17, 15) is 5.11 Å². The van der Waals surface area contributed by atoms with Gasteiger partial charge in [-0.15, -0.1) is 5.10 Å². The maximum absolute atomic E-state index is 10.3. The third-order valence-corrected chi connectivity index (χ3v) is 4.36. The summed E-state index contributed by atoms with van der Waals surface area (Å²) in [5.41, 5.74) is 3.30. The van der Waals surface area contributed by atoms with Crippen molar-refractivity contribution in [3.05, 3.63) is 34.9 Å². The molecule has 0 saturated heterocycles. The van der Waals surface area contributed by atoms with Crippen molar-refractivity contribution < 1.29 is 5.11 Å². The van der Waals surface area contributed by atoms with Gasteiger partial charge in [-0.05, 0) is 42.7 Å². The molecule has 0 bridgehead atoms. The molecule has 0 aliphatic heterocycles. The molecule has 20 heavy (non-hydrogen) atoms. The molecule has 6 heteroatoms.